The summed E-state index contributed by atoms with van der Waals surface area (Å²) in [5, 5.41) is 20.1. The Morgan fingerprint density at radius 2 is 1.93 bits per heavy atom. The second kappa shape index (κ2) is 7.97. The number of esters is 1. The van der Waals surface area contributed by atoms with Gasteiger partial charge in [0.1, 0.15) is 0 Å². The van der Waals surface area contributed by atoms with E-state index in [-0.39, 0.29) is 11.9 Å². The van der Waals surface area contributed by atoms with E-state index in [2.05, 4.69) is 30.9 Å². The molecule has 0 saturated heterocycles. The molecular weight excluding hydrogens is 376 g/mol. The number of hydrogen-bond donors (Lipinski definition) is 1. The molecule has 2 aliphatic rings. The van der Waals surface area contributed by atoms with E-state index >= 15 is 0 Å². The van der Waals surface area contributed by atoms with Gasteiger partial charge in [0.15, 0.2) is 0 Å². The van der Waals surface area contributed by atoms with Crippen LogP contribution < -0.4 is 5.73 Å². The zero-order chi connectivity index (χ0) is 22.1. The predicted molar refractivity (Wildman–Crippen MR) is 114 cm³/mol. The quantitative estimate of drug-likeness (QED) is 0.608. The molecule has 1 heterocycles. The molecule has 0 fully saturated rings. The Hall–Kier alpha value is -3.09. The summed E-state index contributed by atoms with van der Waals surface area (Å²) in [7, 11) is 1.36. The van der Waals surface area contributed by atoms with Crippen molar-refractivity contribution in [2.24, 2.45) is 16.6 Å². The molecule has 2 N–H and O–H groups in total. The molecule has 1 aromatic rings. The summed E-state index contributed by atoms with van der Waals surface area (Å²) in [6.45, 7) is 8.55. The van der Waals surface area contributed by atoms with Crippen molar-refractivity contribution in [3.05, 3.63) is 58.3 Å². The average Bonchev–Trinajstić information content (AvgIpc) is 2.75. The number of hydrogen-bond acceptors (Lipinski definition) is 6. The van der Waals surface area contributed by atoms with E-state index in [9.17, 15) is 15.3 Å². The van der Waals surface area contributed by atoms with Crippen LogP contribution in [0, 0.1) is 33.5 Å². The standard InChI is InChI=1S/C24H28N4O2/c1-5-11-28-12-10-19-23(3,15-28)20(16(2)21(27)24(19,13-25)14-26)17-6-8-18(9-7-17)22(29)30-4/h6-10,20H,5,11-12,15,27H2,1-4H3/t20-,23-/m1/s1. The summed E-state index contributed by atoms with van der Waals surface area (Å²) in [6.07, 6.45) is 3.05. The minimum Gasteiger partial charge on any atom is -0.465 e. The Morgan fingerprint density at radius 1 is 1.30 bits per heavy atom. The first-order chi connectivity index (χ1) is 14.3. The van der Waals surface area contributed by atoms with Crippen molar-refractivity contribution in [2.45, 2.75) is 33.1 Å². The van der Waals surface area contributed by atoms with Crippen molar-refractivity contribution in [3.8, 4) is 12.1 Å². The van der Waals surface area contributed by atoms with Crippen molar-refractivity contribution in [1.82, 2.24) is 4.90 Å². The van der Waals surface area contributed by atoms with Crippen LogP contribution in [0.2, 0.25) is 0 Å². The first-order valence-corrected chi connectivity index (χ1v) is 10.2. The minimum absolute atomic E-state index is 0.107. The third-order valence-corrected chi connectivity index (χ3v) is 6.56. The van der Waals surface area contributed by atoms with Crippen LogP contribution in [-0.4, -0.2) is 37.6 Å². The van der Waals surface area contributed by atoms with E-state index < -0.39 is 10.8 Å². The number of carbonyl (C=O) groups is 1. The van der Waals surface area contributed by atoms with Crippen molar-refractivity contribution in [3.63, 3.8) is 0 Å². The lowest BCUT2D eigenvalue weighted by Crippen LogP contribution is -2.53. The molecule has 6 heteroatoms. The number of allylic oxidation sites excluding steroid dienone is 2. The Labute approximate surface area is 178 Å². The molecular formula is C24H28N4O2. The van der Waals surface area contributed by atoms with Crippen LogP contribution in [-0.2, 0) is 4.74 Å². The average molecular weight is 405 g/mol. The molecule has 0 aromatic heterocycles. The van der Waals surface area contributed by atoms with Gasteiger partial charge in [-0.15, -0.1) is 0 Å². The Bertz CT molecular complexity index is 980. The molecule has 0 saturated carbocycles. The SMILES string of the molecule is CCCN1CC=C2C(C#N)(C#N)C(N)=C(C)[C@H](c3ccc(C(=O)OC)cc3)[C@]2(C)C1. The lowest BCUT2D eigenvalue weighted by atomic mass is 9.52. The summed E-state index contributed by atoms with van der Waals surface area (Å²) in [6, 6.07) is 11.8. The van der Waals surface area contributed by atoms with Gasteiger partial charge >= 0.3 is 5.97 Å². The summed E-state index contributed by atoms with van der Waals surface area (Å²) < 4.78 is 4.81. The van der Waals surface area contributed by atoms with Gasteiger partial charge in [-0.3, -0.25) is 4.90 Å². The summed E-state index contributed by atoms with van der Waals surface area (Å²) in [5.74, 6) is -0.492. The third kappa shape index (κ3) is 3.09. The largest absolute Gasteiger partial charge is 0.465 e. The van der Waals surface area contributed by atoms with Crippen LogP contribution in [0.4, 0.5) is 0 Å². The molecule has 1 aromatic carbocycles. The number of benzene rings is 1. The Morgan fingerprint density at radius 3 is 2.47 bits per heavy atom. The van der Waals surface area contributed by atoms with E-state index in [0.717, 1.165) is 36.2 Å². The molecule has 156 valence electrons. The molecule has 1 aliphatic heterocycles. The van der Waals surface area contributed by atoms with Gasteiger partial charge in [0.2, 0.25) is 5.41 Å². The topological polar surface area (TPSA) is 103 Å². The number of carbonyl (C=O) groups excluding carboxylic acids is 1. The van der Waals surface area contributed by atoms with Gasteiger partial charge in [0.25, 0.3) is 0 Å². The predicted octanol–water partition coefficient (Wildman–Crippen LogP) is 3.49. The molecule has 3 rings (SSSR count). The first kappa shape index (κ1) is 21.6. The fourth-order valence-electron chi connectivity index (χ4n) is 5.27. The lowest BCUT2D eigenvalue weighted by molar-refractivity contribution is 0.0600. The zero-order valence-electron chi connectivity index (χ0n) is 18.0. The number of nitriles is 2. The van der Waals surface area contributed by atoms with Crippen molar-refractivity contribution in [1.29, 1.82) is 10.5 Å². The number of nitrogens with zero attached hydrogens (tertiary/aromatic N) is 3. The maximum atomic E-state index is 11.8. The summed E-state index contributed by atoms with van der Waals surface area (Å²) in [5.41, 5.74) is 7.98. The number of fused-ring (bicyclic) bond motifs is 1. The maximum Gasteiger partial charge on any atom is 0.337 e. The van der Waals surface area contributed by atoms with Crippen molar-refractivity contribution in [2.75, 3.05) is 26.7 Å². The van der Waals surface area contributed by atoms with Crippen LogP contribution >= 0.6 is 0 Å². The van der Waals surface area contributed by atoms with Crippen LogP contribution in [0.5, 0.6) is 0 Å². The van der Waals surface area contributed by atoms with Gasteiger partial charge in [0, 0.05) is 30.1 Å². The monoisotopic (exact) mass is 404 g/mol. The van der Waals surface area contributed by atoms with Gasteiger partial charge in [0.05, 0.1) is 24.8 Å². The normalized spacial score (nSPS) is 25.5. The van der Waals surface area contributed by atoms with Crippen LogP contribution in [0.3, 0.4) is 0 Å². The van der Waals surface area contributed by atoms with Gasteiger partial charge in [-0.1, -0.05) is 32.1 Å². The second-order valence-corrected chi connectivity index (χ2v) is 8.39. The van der Waals surface area contributed by atoms with Gasteiger partial charge in [-0.2, -0.15) is 10.5 Å². The van der Waals surface area contributed by atoms with Crippen LogP contribution in [0.25, 0.3) is 0 Å². The van der Waals surface area contributed by atoms with E-state index in [4.69, 9.17) is 10.5 Å². The number of rotatable bonds is 4. The molecule has 0 unspecified atom stereocenters. The van der Waals surface area contributed by atoms with Crippen molar-refractivity contribution >= 4 is 5.97 Å². The number of ether oxygens (including phenoxy) is 1. The van der Waals surface area contributed by atoms with Gasteiger partial charge < -0.3 is 10.5 Å². The highest BCUT2D eigenvalue weighted by atomic mass is 16.5. The fourth-order valence-corrected chi connectivity index (χ4v) is 5.27. The van der Waals surface area contributed by atoms with E-state index in [1.54, 1.807) is 12.1 Å². The highest BCUT2D eigenvalue weighted by Gasteiger charge is 2.57. The fraction of sp³-hybridized carbons (Fsp3) is 0.458. The molecule has 0 radical (unpaired) electrons. The van der Waals surface area contributed by atoms with Crippen LogP contribution in [0.15, 0.2) is 47.2 Å². The highest BCUT2D eigenvalue weighted by molar-refractivity contribution is 5.89. The van der Waals surface area contributed by atoms with E-state index in [0.29, 0.717) is 17.8 Å². The molecule has 0 bridgehead atoms. The maximum absolute atomic E-state index is 11.8. The second-order valence-electron chi connectivity index (χ2n) is 8.39. The van der Waals surface area contributed by atoms with Crippen molar-refractivity contribution < 1.29 is 9.53 Å². The Balaban J connectivity index is 2.21. The molecule has 30 heavy (non-hydrogen) atoms. The smallest absolute Gasteiger partial charge is 0.337 e. The number of methoxy groups -OCH3 is 1. The van der Waals surface area contributed by atoms with E-state index in [1.165, 1.54) is 7.11 Å². The Kier molecular flexibility index (Phi) is 5.74. The lowest BCUT2D eigenvalue weighted by Gasteiger charge is -2.53. The van der Waals surface area contributed by atoms with Gasteiger partial charge in [-0.05, 0) is 48.7 Å². The van der Waals surface area contributed by atoms with Gasteiger partial charge in [-0.25, -0.2) is 4.79 Å². The third-order valence-electron chi connectivity index (χ3n) is 6.56. The number of nitrogens with two attached hydrogens (primary N) is 1. The molecule has 0 spiro atoms. The molecule has 0 amide bonds. The van der Waals surface area contributed by atoms with E-state index in [1.807, 2.05) is 25.1 Å². The zero-order valence-corrected chi connectivity index (χ0v) is 18.0. The highest BCUT2D eigenvalue weighted by Crippen LogP contribution is 2.59. The summed E-state index contributed by atoms with van der Waals surface area (Å²) in [4.78, 5) is 14.2. The first-order valence-electron chi connectivity index (χ1n) is 10.2. The molecule has 1 aliphatic carbocycles. The minimum atomic E-state index is -1.44. The van der Waals surface area contributed by atoms with Crippen LogP contribution in [0.1, 0.15) is 49.0 Å². The molecule has 2 atom stereocenters. The summed E-state index contributed by atoms with van der Waals surface area (Å²) >= 11 is 0. The molecule has 6 nitrogen and oxygen atoms in total.